The number of aromatic nitrogens is 3. The van der Waals surface area contributed by atoms with E-state index in [1.807, 2.05) is 35.7 Å². The first-order valence-corrected chi connectivity index (χ1v) is 16.8. The second kappa shape index (κ2) is 10.1. The number of benzene rings is 6. The van der Waals surface area contributed by atoms with Gasteiger partial charge in [-0.1, -0.05) is 66.2 Å². The van der Waals surface area contributed by atoms with Gasteiger partial charge in [0.2, 0.25) is 0 Å². The summed E-state index contributed by atoms with van der Waals surface area (Å²) in [6, 6.07) is 49.7. The quantitative estimate of drug-likeness (QED) is 0.195. The Morgan fingerprint density at radius 3 is 2.27 bits per heavy atom. The Labute approximate surface area is 280 Å². The van der Waals surface area contributed by atoms with E-state index in [0.29, 0.717) is 5.56 Å². The number of nitrogens with zero attached hydrogens (tertiary/aromatic N) is 4. The van der Waals surface area contributed by atoms with E-state index in [9.17, 15) is 5.26 Å². The summed E-state index contributed by atoms with van der Waals surface area (Å²) in [6.45, 7) is 2.13. The highest BCUT2D eigenvalue weighted by atomic mass is 32.1. The van der Waals surface area contributed by atoms with Crippen molar-refractivity contribution in [3.63, 3.8) is 0 Å². The smallest absolute Gasteiger partial charge is 0.0992 e. The number of rotatable bonds is 3. The van der Waals surface area contributed by atoms with Crippen LogP contribution < -0.4 is 0 Å². The summed E-state index contributed by atoms with van der Waals surface area (Å²) in [7, 11) is 0. The topological polar surface area (TPSA) is 46.5 Å². The van der Waals surface area contributed by atoms with Crippen molar-refractivity contribution in [3.05, 3.63) is 151 Å². The lowest BCUT2D eigenvalue weighted by atomic mass is 10.0. The average Bonchev–Trinajstić information content (AvgIpc) is 3.79. The van der Waals surface area contributed by atoms with Gasteiger partial charge in [-0.05, 0) is 90.8 Å². The fraction of sp³-hybridized carbons (Fsp3) is 0.0233. The van der Waals surface area contributed by atoms with E-state index >= 15 is 0 Å². The molecule has 10 aromatic rings. The number of para-hydroxylation sites is 1. The van der Waals surface area contributed by atoms with Crippen molar-refractivity contribution < 1.29 is 0 Å². The Bertz CT molecular complexity index is 2990. The lowest BCUT2D eigenvalue weighted by molar-refractivity contribution is 1.17. The molecule has 4 nitrogen and oxygen atoms in total. The van der Waals surface area contributed by atoms with Gasteiger partial charge in [0.15, 0.2) is 0 Å². The minimum absolute atomic E-state index is 0.624. The van der Waals surface area contributed by atoms with Crippen LogP contribution in [-0.4, -0.2) is 14.1 Å². The van der Waals surface area contributed by atoms with E-state index in [-0.39, 0.29) is 0 Å². The Morgan fingerprint density at radius 2 is 1.35 bits per heavy atom. The maximum absolute atomic E-state index is 10.2. The summed E-state index contributed by atoms with van der Waals surface area (Å²) in [6.07, 6.45) is 1.89. The SMILES string of the molecule is Cc1ccc2c(c1)c1ccccc1n2-c1cc(C#N)cc(-c2cccc(-n3c4cccnc4c4c5sc6ccccc6c5ccc43)c2)c1. The fourth-order valence-corrected chi connectivity index (χ4v) is 8.78. The number of hydrogen-bond acceptors (Lipinski definition) is 3. The van der Waals surface area contributed by atoms with Crippen LogP contribution in [0.4, 0.5) is 0 Å². The van der Waals surface area contributed by atoms with Crippen LogP contribution in [0.15, 0.2) is 140 Å². The molecule has 0 radical (unpaired) electrons. The molecule has 0 atom stereocenters. The molecule has 0 aliphatic heterocycles. The van der Waals surface area contributed by atoms with Crippen molar-refractivity contribution in [2.24, 2.45) is 0 Å². The molecule has 4 aromatic heterocycles. The van der Waals surface area contributed by atoms with Crippen molar-refractivity contribution in [2.45, 2.75) is 6.92 Å². The minimum atomic E-state index is 0.624. The number of pyridine rings is 1. The number of fused-ring (bicyclic) bond motifs is 10. The normalized spacial score (nSPS) is 11.8. The first-order valence-electron chi connectivity index (χ1n) is 16.0. The molecular weight excluding hydrogens is 605 g/mol. The third-order valence-corrected chi connectivity index (χ3v) is 10.8. The Hall–Kier alpha value is -6.22. The van der Waals surface area contributed by atoms with Crippen molar-refractivity contribution in [1.82, 2.24) is 14.1 Å². The second-order valence-electron chi connectivity index (χ2n) is 12.4. The second-order valence-corrected chi connectivity index (χ2v) is 13.5. The van der Waals surface area contributed by atoms with Gasteiger partial charge in [0, 0.05) is 53.9 Å². The zero-order valence-electron chi connectivity index (χ0n) is 26.0. The lowest BCUT2D eigenvalue weighted by Gasteiger charge is -2.13. The van der Waals surface area contributed by atoms with Crippen LogP contribution in [0.5, 0.6) is 0 Å². The molecule has 48 heavy (non-hydrogen) atoms. The highest BCUT2D eigenvalue weighted by Gasteiger charge is 2.19. The van der Waals surface area contributed by atoms with Gasteiger partial charge in [-0.25, -0.2) is 0 Å². The van der Waals surface area contributed by atoms with Crippen LogP contribution in [0.2, 0.25) is 0 Å². The molecule has 0 unspecified atom stereocenters. The van der Waals surface area contributed by atoms with Gasteiger partial charge < -0.3 is 9.13 Å². The van der Waals surface area contributed by atoms with Crippen LogP contribution in [0.25, 0.3) is 86.4 Å². The summed E-state index contributed by atoms with van der Waals surface area (Å²) < 4.78 is 7.16. The molecule has 6 aromatic carbocycles. The molecule has 0 aliphatic carbocycles. The first-order chi connectivity index (χ1) is 23.7. The zero-order chi connectivity index (χ0) is 31.9. The van der Waals surface area contributed by atoms with Gasteiger partial charge in [0.05, 0.1) is 39.2 Å². The summed E-state index contributed by atoms with van der Waals surface area (Å²) in [5.74, 6) is 0. The first kappa shape index (κ1) is 26.9. The van der Waals surface area contributed by atoms with Gasteiger partial charge in [-0.3, -0.25) is 4.98 Å². The Morgan fingerprint density at radius 1 is 0.583 bits per heavy atom. The predicted molar refractivity (Wildman–Crippen MR) is 201 cm³/mol. The van der Waals surface area contributed by atoms with Crippen LogP contribution >= 0.6 is 11.3 Å². The van der Waals surface area contributed by atoms with Crippen molar-refractivity contribution in [2.75, 3.05) is 0 Å². The molecule has 0 bridgehead atoms. The van der Waals surface area contributed by atoms with Gasteiger partial charge in [0.25, 0.3) is 0 Å². The van der Waals surface area contributed by atoms with Crippen LogP contribution in [0.3, 0.4) is 0 Å². The van der Waals surface area contributed by atoms with Crippen LogP contribution in [-0.2, 0) is 0 Å². The molecule has 0 N–H and O–H groups in total. The maximum Gasteiger partial charge on any atom is 0.0992 e. The Balaban J connectivity index is 1.20. The van der Waals surface area contributed by atoms with E-state index in [2.05, 4.69) is 137 Å². The van der Waals surface area contributed by atoms with Crippen LogP contribution in [0.1, 0.15) is 11.1 Å². The standard InChI is InChI=1S/C43H26N4S/c1-26-15-17-37-35(20-26)32-10-2-4-12-36(32)47(37)31-22-27(25-44)21-29(24-31)28-8-6-9-30(23-28)46-38-18-16-34-33-11-3-5-14-40(33)48-43(34)41(38)42-39(46)13-7-19-45-42/h2-24H,1H3. The zero-order valence-corrected chi connectivity index (χ0v) is 26.8. The molecule has 10 rings (SSSR count). The highest BCUT2D eigenvalue weighted by molar-refractivity contribution is 7.26. The highest BCUT2D eigenvalue weighted by Crippen LogP contribution is 2.43. The number of aryl methyl sites for hydroxylation is 1. The van der Waals surface area contributed by atoms with Crippen molar-refractivity contribution in [1.29, 1.82) is 5.26 Å². The number of hydrogen-bond donors (Lipinski definition) is 0. The van der Waals surface area contributed by atoms with E-state index in [0.717, 1.165) is 50.1 Å². The number of thiophene rings is 1. The third kappa shape index (κ3) is 3.84. The predicted octanol–water partition coefficient (Wildman–Crippen LogP) is 11.5. The summed E-state index contributed by atoms with van der Waals surface area (Å²) in [5.41, 5.74) is 11.4. The minimum Gasteiger partial charge on any atom is -0.309 e. The summed E-state index contributed by atoms with van der Waals surface area (Å²) in [5, 5.41) is 16.4. The lowest BCUT2D eigenvalue weighted by Crippen LogP contribution is -1.97. The molecule has 5 heteroatoms. The monoisotopic (exact) mass is 630 g/mol. The molecule has 0 fully saturated rings. The maximum atomic E-state index is 10.2. The molecule has 4 heterocycles. The average molecular weight is 631 g/mol. The largest absolute Gasteiger partial charge is 0.309 e. The molecule has 224 valence electrons. The molecule has 0 saturated heterocycles. The fourth-order valence-electron chi connectivity index (χ4n) is 7.53. The molecule has 0 amide bonds. The molecular formula is C43H26N4S. The van der Waals surface area contributed by atoms with Gasteiger partial charge in [0.1, 0.15) is 0 Å². The van der Waals surface area contributed by atoms with E-state index in [4.69, 9.17) is 4.98 Å². The van der Waals surface area contributed by atoms with Crippen molar-refractivity contribution >= 4 is 75.3 Å². The van der Waals surface area contributed by atoms with Crippen molar-refractivity contribution in [3.8, 4) is 28.6 Å². The molecule has 0 aliphatic rings. The third-order valence-electron chi connectivity index (χ3n) is 9.60. The van der Waals surface area contributed by atoms with E-state index in [1.165, 1.54) is 41.9 Å². The molecule has 0 spiro atoms. The van der Waals surface area contributed by atoms with E-state index in [1.54, 1.807) is 0 Å². The van der Waals surface area contributed by atoms with E-state index < -0.39 is 0 Å². The van der Waals surface area contributed by atoms with Crippen LogP contribution in [0, 0.1) is 18.3 Å². The number of nitriles is 1. The van der Waals surface area contributed by atoms with Gasteiger partial charge in [-0.15, -0.1) is 11.3 Å². The van der Waals surface area contributed by atoms with Gasteiger partial charge in [-0.2, -0.15) is 5.26 Å². The van der Waals surface area contributed by atoms with Gasteiger partial charge >= 0.3 is 0 Å². The summed E-state index contributed by atoms with van der Waals surface area (Å²) in [4.78, 5) is 4.92. The molecule has 0 saturated carbocycles. The summed E-state index contributed by atoms with van der Waals surface area (Å²) >= 11 is 1.83. The Kier molecular flexibility index (Phi) is 5.69.